The number of anilines is 1. The van der Waals surface area contributed by atoms with Gasteiger partial charge in [-0.15, -0.1) is 0 Å². The predicted molar refractivity (Wildman–Crippen MR) is 130 cm³/mol. The number of carbonyl (C=O) groups excluding carboxylic acids is 1. The van der Waals surface area contributed by atoms with Crippen molar-refractivity contribution >= 4 is 17.2 Å². The van der Waals surface area contributed by atoms with Crippen LogP contribution in [0, 0.1) is 5.82 Å². The van der Waals surface area contributed by atoms with E-state index in [1.807, 2.05) is 31.9 Å². The molecule has 2 aromatic rings. The number of amides is 1. The summed E-state index contributed by atoms with van der Waals surface area (Å²) >= 11 is 0. The summed E-state index contributed by atoms with van der Waals surface area (Å²) in [6, 6.07) is 3.37. The van der Waals surface area contributed by atoms with Crippen LogP contribution >= 0.6 is 0 Å². The van der Waals surface area contributed by atoms with Crippen molar-refractivity contribution in [3.8, 4) is 5.69 Å². The average molecular weight is 508 g/mol. The van der Waals surface area contributed by atoms with E-state index in [1.165, 1.54) is 12.1 Å². The van der Waals surface area contributed by atoms with E-state index < -0.39 is 34.6 Å². The molecule has 1 amide bonds. The van der Waals surface area contributed by atoms with E-state index in [1.54, 1.807) is 0 Å². The van der Waals surface area contributed by atoms with Gasteiger partial charge in [-0.05, 0) is 51.6 Å². The van der Waals surface area contributed by atoms with Crippen molar-refractivity contribution in [1.29, 1.82) is 0 Å². The minimum Gasteiger partial charge on any atom is -0.367 e. The monoisotopic (exact) mass is 507 g/mol. The summed E-state index contributed by atoms with van der Waals surface area (Å²) in [7, 11) is 1.99. The molecule has 0 radical (unpaired) electrons. The molecule has 36 heavy (non-hydrogen) atoms. The number of primary amides is 1. The average Bonchev–Trinajstić information content (AvgIpc) is 2.82. The van der Waals surface area contributed by atoms with Gasteiger partial charge in [0.15, 0.2) is 0 Å². The van der Waals surface area contributed by atoms with E-state index in [9.17, 15) is 22.8 Å². The Morgan fingerprint density at radius 2 is 1.78 bits per heavy atom. The van der Waals surface area contributed by atoms with Crippen LogP contribution in [0.2, 0.25) is 0 Å². The molecule has 2 aliphatic rings. The number of benzene rings is 1. The number of rotatable bonds is 4. The summed E-state index contributed by atoms with van der Waals surface area (Å²) in [5.74, 6) is -1.81. The third-order valence-electron chi connectivity index (χ3n) is 7.06. The van der Waals surface area contributed by atoms with E-state index in [-0.39, 0.29) is 23.3 Å². The molecule has 1 saturated heterocycles. The Kier molecular flexibility index (Phi) is 6.98. The standard InChI is InChI=1S/C25H29F4N5O2/c1-14-11-33(12-15(2)32(14)3)21-10-20(26)17(16-4-6-31-7-5-16)8-22(21)34-13-18(24(30)36)19(9-23(34)35)25(27,28)29/h4,8-10,13-15,31H,5-7,11-12H2,1-3H3,(H2,30,36)/t14-,15+. The molecule has 194 valence electrons. The van der Waals surface area contributed by atoms with Gasteiger partial charge in [0.05, 0.1) is 22.5 Å². The van der Waals surface area contributed by atoms with Crippen LogP contribution in [0.3, 0.4) is 0 Å². The normalized spacial score (nSPS) is 21.4. The van der Waals surface area contributed by atoms with Crippen LogP contribution in [0.15, 0.2) is 35.3 Å². The van der Waals surface area contributed by atoms with Gasteiger partial charge < -0.3 is 16.0 Å². The van der Waals surface area contributed by atoms with Gasteiger partial charge in [0.25, 0.3) is 11.5 Å². The molecule has 0 bridgehead atoms. The zero-order chi connectivity index (χ0) is 26.4. The number of piperazine rings is 1. The molecule has 2 atom stereocenters. The van der Waals surface area contributed by atoms with Gasteiger partial charge in [-0.25, -0.2) is 4.39 Å². The van der Waals surface area contributed by atoms with Crippen molar-refractivity contribution in [2.45, 2.75) is 38.5 Å². The molecular formula is C25H29F4N5O2. The lowest BCUT2D eigenvalue weighted by Gasteiger charge is -2.44. The molecule has 0 spiro atoms. The number of hydrogen-bond donors (Lipinski definition) is 2. The second-order valence-electron chi connectivity index (χ2n) is 9.44. The maximum Gasteiger partial charge on any atom is 0.417 e. The predicted octanol–water partition coefficient (Wildman–Crippen LogP) is 3.00. The minimum absolute atomic E-state index is 0.0990. The minimum atomic E-state index is -4.94. The number of likely N-dealkylation sites (N-methyl/N-ethyl adjacent to an activating group) is 1. The third kappa shape index (κ3) is 4.90. The number of nitrogens with two attached hydrogens (primary N) is 1. The molecule has 0 aliphatic carbocycles. The highest BCUT2D eigenvalue weighted by molar-refractivity contribution is 5.94. The van der Waals surface area contributed by atoms with Gasteiger partial charge in [0.2, 0.25) is 0 Å². The Bertz CT molecular complexity index is 1260. The number of hydrogen-bond acceptors (Lipinski definition) is 5. The van der Waals surface area contributed by atoms with Crippen LogP contribution in [0.25, 0.3) is 11.3 Å². The van der Waals surface area contributed by atoms with Crippen molar-refractivity contribution < 1.29 is 22.4 Å². The smallest absolute Gasteiger partial charge is 0.367 e. The van der Waals surface area contributed by atoms with Crippen LogP contribution < -0.4 is 21.5 Å². The number of carbonyl (C=O) groups is 1. The molecule has 1 aromatic heterocycles. The zero-order valence-corrected chi connectivity index (χ0v) is 20.3. The lowest BCUT2D eigenvalue weighted by atomic mass is 9.97. The zero-order valence-electron chi connectivity index (χ0n) is 20.3. The molecule has 3 N–H and O–H groups in total. The van der Waals surface area contributed by atoms with Gasteiger partial charge in [0.1, 0.15) is 5.82 Å². The maximum atomic E-state index is 15.5. The number of nitrogens with one attached hydrogen (secondary N) is 1. The van der Waals surface area contributed by atoms with Gasteiger partial charge in [0, 0.05) is 49.5 Å². The first-order valence-electron chi connectivity index (χ1n) is 11.7. The topological polar surface area (TPSA) is 83.6 Å². The van der Waals surface area contributed by atoms with E-state index in [2.05, 4.69) is 10.2 Å². The Balaban J connectivity index is 1.97. The first-order chi connectivity index (χ1) is 16.9. The molecule has 1 aromatic carbocycles. The highest BCUT2D eigenvalue weighted by atomic mass is 19.4. The molecule has 2 aliphatic heterocycles. The molecule has 11 heteroatoms. The van der Waals surface area contributed by atoms with Gasteiger partial charge >= 0.3 is 6.18 Å². The molecule has 0 saturated carbocycles. The fraction of sp³-hybridized carbons (Fsp3) is 0.440. The fourth-order valence-corrected chi connectivity index (χ4v) is 4.86. The van der Waals surface area contributed by atoms with Crippen LogP contribution in [-0.2, 0) is 6.18 Å². The molecular weight excluding hydrogens is 478 g/mol. The number of pyridine rings is 1. The first-order valence-corrected chi connectivity index (χ1v) is 11.7. The summed E-state index contributed by atoms with van der Waals surface area (Å²) < 4.78 is 57.1. The highest BCUT2D eigenvalue weighted by Crippen LogP contribution is 2.35. The second kappa shape index (κ2) is 9.70. The van der Waals surface area contributed by atoms with Crippen LogP contribution in [0.5, 0.6) is 0 Å². The van der Waals surface area contributed by atoms with Gasteiger partial charge in [-0.2, -0.15) is 13.2 Å². The van der Waals surface area contributed by atoms with Crippen molar-refractivity contribution in [1.82, 2.24) is 14.8 Å². The van der Waals surface area contributed by atoms with E-state index >= 15 is 4.39 Å². The Hall–Kier alpha value is -3.18. The lowest BCUT2D eigenvalue weighted by Crippen LogP contribution is -2.55. The Morgan fingerprint density at radius 1 is 1.11 bits per heavy atom. The number of aromatic nitrogens is 1. The van der Waals surface area contributed by atoms with Crippen molar-refractivity contribution in [2.24, 2.45) is 5.73 Å². The van der Waals surface area contributed by atoms with Crippen molar-refractivity contribution in [3.63, 3.8) is 0 Å². The molecule has 0 unspecified atom stereocenters. The maximum absolute atomic E-state index is 15.5. The summed E-state index contributed by atoms with van der Waals surface area (Å²) in [5.41, 5.74) is 3.57. The summed E-state index contributed by atoms with van der Waals surface area (Å²) in [5, 5.41) is 3.15. The van der Waals surface area contributed by atoms with Crippen LogP contribution in [-0.4, -0.2) is 60.7 Å². The first kappa shape index (κ1) is 25.9. The lowest BCUT2D eigenvalue weighted by molar-refractivity contribution is -0.138. The molecule has 3 heterocycles. The second-order valence-corrected chi connectivity index (χ2v) is 9.44. The number of alkyl halides is 3. The summed E-state index contributed by atoms with van der Waals surface area (Å²) in [4.78, 5) is 29.1. The van der Waals surface area contributed by atoms with Crippen LogP contribution in [0.1, 0.15) is 41.8 Å². The largest absolute Gasteiger partial charge is 0.417 e. The summed E-state index contributed by atoms with van der Waals surface area (Å²) in [6.45, 7) is 6.24. The van der Waals surface area contributed by atoms with E-state index in [0.717, 1.165) is 16.3 Å². The number of nitrogens with zero attached hydrogens (tertiary/aromatic N) is 3. The fourth-order valence-electron chi connectivity index (χ4n) is 4.86. The summed E-state index contributed by atoms with van der Waals surface area (Å²) in [6.07, 6.45) is -1.74. The van der Waals surface area contributed by atoms with E-state index in [4.69, 9.17) is 5.73 Å². The number of halogens is 4. The highest BCUT2D eigenvalue weighted by Gasteiger charge is 2.36. The van der Waals surface area contributed by atoms with Crippen molar-refractivity contribution in [2.75, 3.05) is 38.1 Å². The van der Waals surface area contributed by atoms with Crippen molar-refractivity contribution in [3.05, 3.63) is 63.3 Å². The van der Waals surface area contributed by atoms with Gasteiger partial charge in [-0.1, -0.05) is 6.08 Å². The Morgan fingerprint density at radius 3 is 2.33 bits per heavy atom. The molecule has 4 rings (SSSR count). The Labute approximate surface area is 206 Å². The third-order valence-corrected chi connectivity index (χ3v) is 7.06. The SMILES string of the molecule is C[C@@H]1CN(c2cc(F)c(C3=CCNCC3)cc2-n2cc(C(N)=O)c(C(F)(F)F)cc2=O)C[C@H](C)N1C. The van der Waals surface area contributed by atoms with E-state index in [0.29, 0.717) is 44.4 Å². The van der Waals surface area contributed by atoms with Crippen LogP contribution in [0.4, 0.5) is 23.2 Å². The molecule has 1 fully saturated rings. The van der Waals surface area contributed by atoms with Gasteiger partial charge in [-0.3, -0.25) is 19.1 Å². The quantitative estimate of drug-likeness (QED) is 0.622. The molecule has 7 nitrogen and oxygen atoms in total.